The summed E-state index contributed by atoms with van der Waals surface area (Å²) in [6, 6.07) is 8.74. The number of aliphatic hydroxyl groups excluding tert-OH is 1. The molecule has 0 unspecified atom stereocenters. The van der Waals surface area contributed by atoms with Gasteiger partial charge in [-0.05, 0) is 18.1 Å². The van der Waals surface area contributed by atoms with Crippen molar-refractivity contribution >= 4 is 28.6 Å². The lowest BCUT2D eigenvalue weighted by Gasteiger charge is -2.26. The largest absolute Gasteiger partial charge is 0.394 e. The Morgan fingerprint density at radius 1 is 1.30 bits per heavy atom. The van der Waals surface area contributed by atoms with Crippen LogP contribution in [0.4, 0.5) is 5.82 Å². The molecule has 0 bridgehead atoms. The Balaban J connectivity index is 1.69. The number of thioether (sulfide) groups is 1. The second-order valence-corrected chi connectivity index (χ2v) is 6.56. The second-order valence-electron chi connectivity index (χ2n) is 5.42. The zero-order valence-electron chi connectivity index (χ0n) is 12.5. The van der Waals surface area contributed by atoms with Crippen LogP contribution in [-0.2, 0) is 6.54 Å². The fourth-order valence-electron chi connectivity index (χ4n) is 2.92. The van der Waals surface area contributed by atoms with Gasteiger partial charge in [-0.2, -0.15) is 5.10 Å². The normalized spacial score (nSPS) is 17.2. The summed E-state index contributed by atoms with van der Waals surface area (Å²) in [4.78, 5) is 10.0. The second kappa shape index (κ2) is 6.17. The molecule has 1 aromatic carbocycles. The molecule has 1 aliphatic heterocycles. The van der Waals surface area contributed by atoms with Crippen molar-refractivity contribution in [2.75, 3.05) is 17.7 Å². The van der Waals surface area contributed by atoms with Gasteiger partial charge < -0.3 is 10.4 Å². The van der Waals surface area contributed by atoms with Gasteiger partial charge in [0.1, 0.15) is 12.1 Å². The molecule has 6 nitrogen and oxygen atoms in total. The van der Waals surface area contributed by atoms with E-state index in [1.54, 1.807) is 17.2 Å². The van der Waals surface area contributed by atoms with Crippen molar-refractivity contribution in [1.82, 2.24) is 19.7 Å². The third-order valence-corrected chi connectivity index (χ3v) is 5.14. The molecule has 1 atom stereocenters. The molecular formula is C16H17N5OS. The van der Waals surface area contributed by atoms with Crippen molar-refractivity contribution in [3.63, 3.8) is 0 Å². The van der Waals surface area contributed by atoms with Gasteiger partial charge in [-0.15, -0.1) is 11.8 Å². The molecule has 0 radical (unpaired) electrons. The SMILES string of the molecule is OCCn1ncc2c(N[C@H]3CCSc4ccccc43)ncnc21. The summed E-state index contributed by atoms with van der Waals surface area (Å²) >= 11 is 1.90. The first kappa shape index (κ1) is 14.5. The highest BCUT2D eigenvalue weighted by Crippen LogP contribution is 2.38. The number of hydrogen-bond donors (Lipinski definition) is 2. The molecule has 0 fully saturated rings. The molecule has 3 heterocycles. The van der Waals surface area contributed by atoms with Crippen LogP contribution in [0.15, 0.2) is 41.7 Å². The van der Waals surface area contributed by atoms with Crippen molar-refractivity contribution < 1.29 is 5.11 Å². The summed E-state index contributed by atoms with van der Waals surface area (Å²) in [5.41, 5.74) is 2.06. The number of rotatable bonds is 4. The summed E-state index contributed by atoms with van der Waals surface area (Å²) in [7, 11) is 0. The predicted molar refractivity (Wildman–Crippen MR) is 90.6 cm³/mol. The van der Waals surface area contributed by atoms with Crippen LogP contribution in [0.2, 0.25) is 0 Å². The van der Waals surface area contributed by atoms with Gasteiger partial charge in [-0.1, -0.05) is 18.2 Å². The van der Waals surface area contributed by atoms with Gasteiger partial charge in [-0.25, -0.2) is 14.6 Å². The van der Waals surface area contributed by atoms with Crippen molar-refractivity contribution in [2.45, 2.75) is 23.9 Å². The lowest BCUT2D eigenvalue weighted by atomic mass is 10.0. The lowest BCUT2D eigenvalue weighted by Crippen LogP contribution is -2.17. The minimum Gasteiger partial charge on any atom is -0.394 e. The third kappa shape index (κ3) is 2.66. The molecular weight excluding hydrogens is 310 g/mol. The molecule has 0 amide bonds. The lowest BCUT2D eigenvalue weighted by molar-refractivity contribution is 0.271. The Bertz CT molecular complexity index is 834. The fourth-order valence-corrected chi connectivity index (χ4v) is 4.05. The third-order valence-electron chi connectivity index (χ3n) is 4.01. The predicted octanol–water partition coefficient (Wildman–Crippen LogP) is 2.47. The van der Waals surface area contributed by atoms with E-state index >= 15 is 0 Å². The van der Waals surface area contributed by atoms with Crippen molar-refractivity contribution in [1.29, 1.82) is 0 Å². The van der Waals surface area contributed by atoms with E-state index in [0.29, 0.717) is 6.54 Å². The molecule has 23 heavy (non-hydrogen) atoms. The molecule has 1 aliphatic rings. The van der Waals surface area contributed by atoms with Crippen LogP contribution in [0.3, 0.4) is 0 Å². The summed E-state index contributed by atoms with van der Waals surface area (Å²) in [6.07, 6.45) is 4.36. The average Bonchev–Trinajstić information content (AvgIpc) is 3.00. The number of anilines is 1. The Morgan fingerprint density at radius 2 is 2.22 bits per heavy atom. The van der Waals surface area contributed by atoms with Crippen LogP contribution in [0, 0.1) is 0 Å². The van der Waals surface area contributed by atoms with E-state index in [2.05, 4.69) is 44.6 Å². The Labute approximate surface area is 138 Å². The highest BCUT2D eigenvalue weighted by molar-refractivity contribution is 7.99. The van der Waals surface area contributed by atoms with Gasteiger partial charge in [0.25, 0.3) is 0 Å². The maximum atomic E-state index is 9.11. The van der Waals surface area contributed by atoms with E-state index in [9.17, 15) is 0 Å². The quantitative estimate of drug-likeness (QED) is 0.767. The van der Waals surface area contributed by atoms with Crippen LogP contribution < -0.4 is 5.32 Å². The van der Waals surface area contributed by atoms with Gasteiger partial charge >= 0.3 is 0 Å². The fraction of sp³-hybridized carbons (Fsp3) is 0.312. The molecule has 2 aromatic heterocycles. The Kier molecular flexibility index (Phi) is 3.88. The van der Waals surface area contributed by atoms with Crippen LogP contribution in [0.25, 0.3) is 11.0 Å². The molecule has 2 N–H and O–H groups in total. The maximum Gasteiger partial charge on any atom is 0.163 e. The van der Waals surface area contributed by atoms with E-state index in [0.717, 1.165) is 29.0 Å². The van der Waals surface area contributed by atoms with E-state index < -0.39 is 0 Å². The van der Waals surface area contributed by atoms with Crippen LogP contribution in [0.5, 0.6) is 0 Å². The molecule has 7 heteroatoms. The topological polar surface area (TPSA) is 75.9 Å². The molecule has 0 saturated carbocycles. The van der Waals surface area contributed by atoms with Crippen LogP contribution in [-0.4, -0.2) is 37.2 Å². The molecule has 4 rings (SSSR count). The Morgan fingerprint density at radius 3 is 3.13 bits per heavy atom. The minimum absolute atomic E-state index is 0.0385. The number of hydrogen-bond acceptors (Lipinski definition) is 6. The van der Waals surface area contributed by atoms with E-state index in [1.807, 2.05) is 11.8 Å². The molecule has 0 saturated heterocycles. The average molecular weight is 327 g/mol. The Hall–Kier alpha value is -2.12. The van der Waals surface area contributed by atoms with E-state index in [4.69, 9.17) is 5.11 Å². The van der Waals surface area contributed by atoms with Gasteiger partial charge in [0, 0.05) is 10.6 Å². The van der Waals surface area contributed by atoms with Crippen molar-refractivity contribution in [3.05, 3.63) is 42.4 Å². The van der Waals surface area contributed by atoms with Crippen molar-refractivity contribution in [3.8, 4) is 0 Å². The number of nitrogens with one attached hydrogen (secondary N) is 1. The number of fused-ring (bicyclic) bond motifs is 2. The maximum absolute atomic E-state index is 9.11. The van der Waals surface area contributed by atoms with Gasteiger partial charge in [0.05, 0.1) is 30.8 Å². The molecule has 0 aliphatic carbocycles. The smallest absolute Gasteiger partial charge is 0.163 e. The zero-order valence-corrected chi connectivity index (χ0v) is 13.3. The monoisotopic (exact) mass is 327 g/mol. The van der Waals surface area contributed by atoms with Gasteiger partial charge in [0.2, 0.25) is 0 Å². The first-order chi connectivity index (χ1) is 11.4. The zero-order chi connectivity index (χ0) is 15.6. The summed E-state index contributed by atoms with van der Waals surface area (Å²) in [6.45, 7) is 0.472. The highest BCUT2D eigenvalue weighted by Gasteiger charge is 2.21. The highest BCUT2D eigenvalue weighted by atomic mass is 32.2. The van der Waals surface area contributed by atoms with E-state index in [-0.39, 0.29) is 12.6 Å². The van der Waals surface area contributed by atoms with E-state index in [1.165, 1.54) is 10.5 Å². The summed E-state index contributed by atoms with van der Waals surface area (Å²) < 4.78 is 1.70. The summed E-state index contributed by atoms with van der Waals surface area (Å²) in [5.74, 6) is 1.89. The first-order valence-corrected chi connectivity index (χ1v) is 8.61. The molecule has 118 valence electrons. The first-order valence-electron chi connectivity index (χ1n) is 7.62. The van der Waals surface area contributed by atoms with Gasteiger partial charge in [0.15, 0.2) is 5.65 Å². The summed E-state index contributed by atoms with van der Waals surface area (Å²) in [5, 5.41) is 17.8. The van der Waals surface area contributed by atoms with Crippen molar-refractivity contribution in [2.24, 2.45) is 0 Å². The minimum atomic E-state index is 0.0385. The van der Waals surface area contributed by atoms with Crippen LogP contribution in [0.1, 0.15) is 18.0 Å². The molecule has 0 spiro atoms. The van der Waals surface area contributed by atoms with Gasteiger partial charge in [-0.3, -0.25) is 0 Å². The number of aromatic nitrogens is 4. The van der Waals surface area contributed by atoms with Crippen LogP contribution >= 0.6 is 11.8 Å². The molecule has 3 aromatic rings. The number of nitrogens with zero attached hydrogens (tertiary/aromatic N) is 4. The number of benzene rings is 1. The standard InChI is InChI=1S/C16H17N5OS/c22-7-6-21-16-12(9-19-21)15(17-10-18-16)20-13-5-8-23-14-4-2-1-3-11(13)14/h1-4,9-10,13,22H,5-8H2,(H,17,18,20)/t13-/m0/s1. The number of aliphatic hydroxyl groups is 1.